The maximum absolute atomic E-state index is 5.78. The van der Waals surface area contributed by atoms with Gasteiger partial charge in [-0.3, -0.25) is 0 Å². The number of nitrogens with one attached hydrogen (secondary N) is 2. The van der Waals surface area contributed by atoms with Crippen LogP contribution in [0.25, 0.3) is 11.0 Å². The molecule has 0 bridgehead atoms. The van der Waals surface area contributed by atoms with Crippen LogP contribution < -0.4 is 10.1 Å². The van der Waals surface area contributed by atoms with E-state index in [4.69, 9.17) is 4.74 Å². The fourth-order valence-electron chi connectivity index (χ4n) is 2.34. The van der Waals surface area contributed by atoms with E-state index in [9.17, 15) is 0 Å². The summed E-state index contributed by atoms with van der Waals surface area (Å²) in [5, 5.41) is 4.25. The number of hydrogen-bond acceptors (Lipinski definition) is 4. The first kappa shape index (κ1) is 13.3. The molecule has 4 aromatic rings. The Bertz CT molecular complexity index is 917. The van der Waals surface area contributed by atoms with E-state index in [2.05, 4.69) is 20.3 Å². The minimum absolute atomic E-state index is 0.771. The van der Waals surface area contributed by atoms with Gasteiger partial charge in [0.05, 0.1) is 5.39 Å². The van der Waals surface area contributed by atoms with E-state index in [1.807, 2.05) is 66.9 Å². The van der Waals surface area contributed by atoms with E-state index in [0.717, 1.165) is 34.0 Å². The van der Waals surface area contributed by atoms with Crippen LogP contribution in [0.1, 0.15) is 0 Å². The number of para-hydroxylation sites is 1. The molecule has 5 heteroatoms. The first-order valence-corrected chi connectivity index (χ1v) is 7.26. The van der Waals surface area contributed by atoms with E-state index in [1.165, 1.54) is 6.33 Å². The van der Waals surface area contributed by atoms with Crippen LogP contribution >= 0.6 is 0 Å². The molecule has 0 radical (unpaired) electrons. The van der Waals surface area contributed by atoms with Crippen LogP contribution in [0.4, 0.5) is 11.5 Å². The molecule has 112 valence electrons. The lowest BCUT2D eigenvalue weighted by Crippen LogP contribution is -1.95. The minimum Gasteiger partial charge on any atom is -0.457 e. The molecule has 0 spiro atoms. The first-order valence-electron chi connectivity index (χ1n) is 7.26. The van der Waals surface area contributed by atoms with Crippen molar-refractivity contribution in [3.8, 4) is 11.5 Å². The summed E-state index contributed by atoms with van der Waals surface area (Å²) >= 11 is 0. The zero-order chi connectivity index (χ0) is 15.5. The molecule has 2 heterocycles. The number of benzene rings is 2. The summed E-state index contributed by atoms with van der Waals surface area (Å²) in [7, 11) is 0. The summed E-state index contributed by atoms with van der Waals surface area (Å²) < 4.78 is 5.78. The van der Waals surface area contributed by atoms with Crippen LogP contribution in [0, 0.1) is 0 Å². The van der Waals surface area contributed by atoms with Crippen molar-refractivity contribution in [3.63, 3.8) is 0 Å². The second-order valence-electron chi connectivity index (χ2n) is 5.03. The highest BCUT2D eigenvalue weighted by molar-refractivity contribution is 5.88. The third-order valence-electron chi connectivity index (χ3n) is 3.45. The van der Waals surface area contributed by atoms with Gasteiger partial charge in [-0.2, -0.15) is 0 Å². The van der Waals surface area contributed by atoms with E-state index in [0.29, 0.717) is 0 Å². The molecule has 23 heavy (non-hydrogen) atoms. The smallest absolute Gasteiger partial charge is 0.143 e. The fourth-order valence-corrected chi connectivity index (χ4v) is 2.34. The number of rotatable bonds is 4. The van der Waals surface area contributed by atoms with Gasteiger partial charge in [-0.15, -0.1) is 0 Å². The molecular weight excluding hydrogens is 288 g/mol. The van der Waals surface area contributed by atoms with Crippen LogP contribution in [-0.4, -0.2) is 15.0 Å². The number of aromatic amines is 1. The Morgan fingerprint density at radius 3 is 2.43 bits per heavy atom. The van der Waals surface area contributed by atoms with Gasteiger partial charge in [-0.1, -0.05) is 18.2 Å². The maximum atomic E-state index is 5.78. The number of ether oxygens (including phenoxy) is 1. The zero-order valence-corrected chi connectivity index (χ0v) is 12.2. The minimum atomic E-state index is 0.771. The molecule has 5 nitrogen and oxygen atoms in total. The maximum Gasteiger partial charge on any atom is 0.143 e. The third kappa shape index (κ3) is 2.85. The number of anilines is 2. The SMILES string of the molecule is c1ccc(Oc2ccc(Nc3ncnc4[nH]ccc34)cc2)cc1. The molecule has 0 fully saturated rings. The van der Waals surface area contributed by atoms with Gasteiger partial charge in [0.15, 0.2) is 0 Å². The van der Waals surface area contributed by atoms with Gasteiger partial charge in [0, 0.05) is 11.9 Å². The second kappa shape index (κ2) is 5.81. The molecule has 0 aliphatic carbocycles. The monoisotopic (exact) mass is 302 g/mol. The van der Waals surface area contributed by atoms with E-state index in [-0.39, 0.29) is 0 Å². The molecule has 4 rings (SSSR count). The van der Waals surface area contributed by atoms with Crippen LogP contribution in [0.2, 0.25) is 0 Å². The van der Waals surface area contributed by atoms with E-state index in [1.54, 1.807) is 0 Å². The highest BCUT2D eigenvalue weighted by Crippen LogP contribution is 2.25. The van der Waals surface area contributed by atoms with E-state index >= 15 is 0 Å². The van der Waals surface area contributed by atoms with E-state index < -0.39 is 0 Å². The molecule has 0 aliphatic rings. The number of fused-ring (bicyclic) bond motifs is 1. The van der Waals surface area contributed by atoms with Crippen molar-refractivity contribution in [1.29, 1.82) is 0 Å². The van der Waals surface area contributed by atoms with Crippen molar-refractivity contribution < 1.29 is 4.74 Å². The first-order chi connectivity index (χ1) is 11.4. The van der Waals surface area contributed by atoms with Gasteiger partial charge in [0.1, 0.15) is 29.3 Å². The van der Waals surface area contributed by atoms with Gasteiger partial charge in [-0.25, -0.2) is 9.97 Å². The Hall–Kier alpha value is -3.34. The molecule has 0 saturated carbocycles. The second-order valence-corrected chi connectivity index (χ2v) is 5.03. The number of H-pyrrole nitrogens is 1. The van der Waals surface area contributed by atoms with Crippen molar-refractivity contribution in [2.75, 3.05) is 5.32 Å². The van der Waals surface area contributed by atoms with Gasteiger partial charge in [-0.05, 0) is 42.5 Å². The number of hydrogen-bond donors (Lipinski definition) is 2. The summed E-state index contributed by atoms with van der Waals surface area (Å²) in [6.45, 7) is 0. The van der Waals surface area contributed by atoms with Crippen LogP contribution in [0.5, 0.6) is 11.5 Å². The molecule has 2 aromatic heterocycles. The molecule has 2 aromatic carbocycles. The molecule has 0 atom stereocenters. The standard InChI is InChI=1S/C18H14N4O/c1-2-4-14(5-3-1)23-15-8-6-13(7-9-15)22-18-16-10-11-19-17(16)20-12-21-18/h1-12H,(H2,19,20,21,22). The Morgan fingerprint density at radius 1 is 0.826 bits per heavy atom. The van der Waals surface area contributed by atoms with Gasteiger partial charge >= 0.3 is 0 Å². The quantitative estimate of drug-likeness (QED) is 0.583. The van der Waals surface area contributed by atoms with Crippen LogP contribution in [-0.2, 0) is 0 Å². The van der Waals surface area contributed by atoms with Crippen LogP contribution in [0.15, 0.2) is 73.2 Å². The fraction of sp³-hybridized carbons (Fsp3) is 0. The number of aromatic nitrogens is 3. The zero-order valence-electron chi connectivity index (χ0n) is 12.2. The lowest BCUT2D eigenvalue weighted by molar-refractivity contribution is 0.483. The third-order valence-corrected chi connectivity index (χ3v) is 3.45. The van der Waals surface area contributed by atoms with Crippen molar-refractivity contribution in [2.45, 2.75) is 0 Å². The highest BCUT2D eigenvalue weighted by Gasteiger charge is 2.05. The average molecular weight is 302 g/mol. The Morgan fingerprint density at radius 2 is 1.61 bits per heavy atom. The lowest BCUT2D eigenvalue weighted by atomic mass is 10.3. The van der Waals surface area contributed by atoms with Crippen molar-refractivity contribution in [2.24, 2.45) is 0 Å². The van der Waals surface area contributed by atoms with Gasteiger partial charge < -0.3 is 15.0 Å². The number of nitrogens with zero attached hydrogens (tertiary/aromatic N) is 2. The Labute approximate surface area is 133 Å². The summed E-state index contributed by atoms with van der Waals surface area (Å²) in [6.07, 6.45) is 3.38. The Kier molecular flexibility index (Phi) is 3.37. The summed E-state index contributed by atoms with van der Waals surface area (Å²) in [5.74, 6) is 2.38. The topological polar surface area (TPSA) is 62.8 Å². The highest BCUT2D eigenvalue weighted by atomic mass is 16.5. The normalized spacial score (nSPS) is 10.6. The molecule has 0 saturated heterocycles. The summed E-state index contributed by atoms with van der Waals surface area (Å²) in [6, 6.07) is 19.4. The average Bonchev–Trinajstić information content (AvgIpc) is 3.07. The molecular formula is C18H14N4O. The molecule has 0 unspecified atom stereocenters. The molecule has 2 N–H and O–H groups in total. The van der Waals surface area contributed by atoms with Crippen molar-refractivity contribution in [3.05, 3.63) is 73.2 Å². The van der Waals surface area contributed by atoms with Gasteiger partial charge in [0.2, 0.25) is 0 Å². The van der Waals surface area contributed by atoms with Crippen LogP contribution in [0.3, 0.4) is 0 Å². The largest absolute Gasteiger partial charge is 0.457 e. The van der Waals surface area contributed by atoms with Gasteiger partial charge in [0.25, 0.3) is 0 Å². The lowest BCUT2D eigenvalue weighted by Gasteiger charge is -2.08. The molecule has 0 amide bonds. The predicted molar refractivity (Wildman–Crippen MR) is 90.1 cm³/mol. The van der Waals surface area contributed by atoms with Crippen molar-refractivity contribution in [1.82, 2.24) is 15.0 Å². The van der Waals surface area contributed by atoms with Crippen molar-refractivity contribution >= 4 is 22.5 Å². The molecule has 0 aliphatic heterocycles. The predicted octanol–water partition coefficient (Wildman–Crippen LogP) is 4.49. The summed E-state index contributed by atoms with van der Waals surface area (Å²) in [4.78, 5) is 11.5. The Balaban J connectivity index is 1.53. The summed E-state index contributed by atoms with van der Waals surface area (Å²) in [5.41, 5.74) is 1.75.